The maximum absolute atomic E-state index is 6.46. The molecule has 0 bridgehead atoms. The van der Waals surface area contributed by atoms with Crippen LogP contribution in [-0.4, -0.2) is 0 Å². The normalized spacial score (nSPS) is 30.2. The average molecular weight is 266 g/mol. The quantitative estimate of drug-likeness (QED) is 0.823. The van der Waals surface area contributed by atoms with Gasteiger partial charge in [0.1, 0.15) is 0 Å². The molecule has 0 aliphatic heterocycles. The molecule has 0 radical (unpaired) electrons. The van der Waals surface area contributed by atoms with Crippen LogP contribution >= 0.6 is 11.6 Å². The highest BCUT2D eigenvalue weighted by Gasteiger charge is 2.30. The largest absolute Gasteiger partial charge is 0.324 e. The van der Waals surface area contributed by atoms with Crippen molar-refractivity contribution in [2.24, 2.45) is 23.5 Å². The SMILES string of the molecule is Cc1cccc(C(N)C2CCC(C)C(C)C2)c1Cl. The van der Waals surface area contributed by atoms with E-state index >= 15 is 0 Å². The van der Waals surface area contributed by atoms with Crippen molar-refractivity contribution in [2.45, 2.75) is 46.1 Å². The molecule has 18 heavy (non-hydrogen) atoms. The standard InChI is InChI=1S/C16H24ClN/c1-10-7-8-13(9-12(10)3)16(18)14-6-4-5-11(2)15(14)17/h4-6,10,12-13,16H,7-9,18H2,1-3H3. The van der Waals surface area contributed by atoms with Crippen molar-refractivity contribution in [3.05, 3.63) is 34.3 Å². The van der Waals surface area contributed by atoms with Crippen LogP contribution in [0, 0.1) is 24.7 Å². The first kappa shape index (κ1) is 13.9. The lowest BCUT2D eigenvalue weighted by Gasteiger charge is -2.35. The third-order valence-electron chi connectivity index (χ3n) is 4.73. The van der Waals surface area contributed by atoms with Gasteiger partial charge in [-0.05, 0) is 48.6 Å². The first-order chi connectivity index (χ1) is 8.50. The van der Waals surface area contributed by atoms with Gasteiger partial charge >= 0.3 is 0 Å². The molecule has 1 aromatic rings. The van der Waals surface area contributed by atoms with Crippen molar-refractivity contribution in [1.29, 1.82) is 0 Å². The molecule has 4 atom stereocenters. The van der Waals surface area contributed by atoms with E-state index in [1.807, 2.05) is 13.0 Å². The zero-order chi connectivity index (χ0) is 13.3. The lowest BCUT2D eigenvalue weighted by atomic mass is 9.72. The maximum Gasteiger partial charge on any atom is 0.0483 e. The summed E-state index contributed by atoms with van der Waals surface area (Å²) in [7, 11) is 0. The van der Waals surface area contributed by atoms with Crippen LogP contribution in [0.15, 0.2) is 18.2 Å². The summed E-state index contributed by atoms with van der Waals surface area (Å²) in [6, 6.07) is 6.28. The molecule has 1 fully saturated rings. The molecule has 100 valence electrons. The van der Waals surface area contributed by atoms with Crippen LogP contribution in [0.1, 0.15) is 50.3 Å². The van der Waals surface area contributed by atoms with Crippen LogP contribution < -0.4 is 5.73 Å². The molecule has 0 saturated heterocycles. The number of benzene rings is 1. The topological polar surface area (TPSA) is 26.0 Å². The monoisotopic (exact) mass is 265 g/mol. The van der Waals surface area contributed by atoms with Crippen molar-refractivity contribution in [3.8, 4) is 0 Å². The van der Waals surface area contributed by atoms with Gasteiger partial charge in [-0.3, -0.25) is 0 Å². The summed E-state index contributed by atoms with van der Waals surface area (Å²) >= 11 is 6.39. The first-order valence-corrected chi connectivity index (χ1v) is 7.39. The molecule has 0 heterocycles. The summed E-state index contributed by atoms with van der Waals surface area (Å²) in [6.45, 7) is 6.75. The number of halogens is 1. The Morgan fingerprint density at radius 1 is 1.22 bits per heavy atom. The smallest absolute Gasteiger partial charge is 0.0483 e. The second-order valence-electron chi connectivity index (χ2n) is 6.03. The van der Waals surface area contributed by atoms with Gasteiger partial charge in [0.2, 0.25) is 0 Å². The van der Waals surface area contributed by atoms with Crippen LogP contribution in [0.5, 0.6) is 0 Å². The Kier molecular flexibility index (Phi) is 4.34. The Balaban J connectivity index is 2.16. The number of rotatable bonds is 2. The Morgan fingerprint density at radius 2 is 1.94 bits per heavy atom. The molecule has 1 aromatic carbocycles. The van der Waals surface area contributed by atoms with E-state index in [4.69, 9.17) is 17.3 Å². The van der Waals surface area contributed by atoms with E-state index in [1.165, 1.54) is 19.3 Å². The summed E-state index contributed by atoms with van der Waals surface area (Å²) in [6.07, 6.45) is 3.76. The van der Waals surface area contributed by atoms with Gasteiger partial charge < -0.3 is 5.73 Å². The second-order valence-corrected chi connectivity index (χ2v) is 6.41. The van der Waals surface area contributed by atoms with E-state index < -0.39 is 0 Å². The van der Waals surface area contributed by atoms with Crippen molar-refractivity contribution in [3.63, 3.8) is 0 Å². The molecule has 1 aliphatic carbocycles. The van der Waals surface area contributed by atoms with Gasteiger partial charge in [-0.25, -0.2) is 0 Å². The highest BCUT2D eigenvalue weighted by molar-refractivity contribution is 6.32. The van der Waals surface area contributed by atoms with E-state index in [1.54, 1.807) is 0 Å². The third kappa shape index (κ3) is 2.73. The van der Waals surface area contributed by atoms with Crippen LogP contribution in [0.2, 0.25) is 5.02 Å². The minimum Gasteiger partial charge on any atom is -0.324 e. The Hall–Kier alpha value is -0.530. The van der Waals surface area contributed by atoms with E-state index in [9.17, 15) is 0 Å². The molecular formula is C16H24ClN. The van der Waals surface area contributed by atoms with Gasteiger partial charge in [0.05, 0.1) is 0 Å². The predicted molar refractivity (Wildman–Crippen MR) is 78.8 cm³/mol. The number of aryl methyl sites for hydroxylation is 1. The lowest BCUT2D eigenvalue weighted by Crippen LogP contribution is -2.29. The minimum atomic E-state index is 0.0901. The zero-order valence-corrected chi connectivity index (χ0v) is 12.4. The van der Waals surface area contributed by atoms with Gasteiger partial charge in [0, 0.05) is 11.1 Å². The number of nitrogens with two attached hydrogens (primary N) is 1. The molecule has 1 aliphatic rings. The highest BCUT2D eigenvalue weighted by atomic mass is 35.5. The van der Waals surface area contributed by atoms with E-state index in [0.29, 0.717) is 5.92 Å². The highest BCUT2D eigenvalue weighted by Crippen LogP contribution is 2.40. The van der Waals surface area contributed by atoms with Crippen LogP contribution in [-0.2, 0) is 0 Å². The van der Waals surface area contributed by atoms with Crippen molar-refractivity contribution < 1.29 is 0 Å². The summed E-state index contributed by atoms with van der Waals surface area (Å²) in [5, 5.41) is 0.858. The van der Waals surface area contributed by atoms with Crippen molar-refractivity contribution >= 4 is 11.6 Å². The van der Waals surface area contributed by atoms with E-state index in [0.717, 1.165) is 28.0 Å². The van der Waals surface area contributed by atoms with Gasteiger partial charge in [-0.15, -0.1) is 0 Å². The Labute approximate surface area is 116 Å². The van der Waals surface area contributed by atoms with Crippen molar-refractivity contribution in [2.75, 3.05) is 0 Å². The summed E-state index contributed by atoms with van der Waals surface area (Å²) in [5.41, 5.74) is 8.72. The molecule has 0 amide bonds. The Bertz CT molecular complexity index is 416. The molecule has 0 aromatic heterocycles. The fourth-order valence-corrected chi connectivity index (χ4v) is 3.35. The minimum absolute atomic E-state index is 0.0901. The maximum atomic E-state index is 6.46. The zero-order valence-electron chi connectivity index (χ0n) is 11.6. The van der Waals surface area contributed by atoms with Crippen LogP contribution in [0.3, 0.4) is 0 Å². The fraction of sp³-hybridized carbons (Fsp3) is 0.625. The van der Waals surface area contributed by atoms with Crippen LogP contribution in [0.25, 0.3) is 0 Å². The molecule has 2 N–H and O–H groups in total. The molecule has 2 rings (SSSR count). The molecular weight excluding hydrogens is 242 g/mol. The van der Waals surface area contributed by atoms with E-state index in [2.05, 4.69) is 26.0 Å². The molecule has 0 spiro atoms. The fourth-order valence-electron chi connectivity index (χ4n) is 3.10. The average Bonchev–Trinajstić information content (AvgIpc) is 2.35. The van der Waals surface area contributed by atoms with Crippen molar-refractivity contribution in [1.82, 2.24) is 0 Å². The van der Waals surface area contributed by atoms with Gasteiger partial charge in [0.25, 0.3) is 0 Å². The number of hydrogen-bond donors (Lipinski definition) is 1. The molecule has 2 heteroatoms. The predicted octanol–water partition coefficient (Wildman–Crippen LogP) is 4.72. The third-order valence-corrected chi connectivity index (χ3v) is 5.24. The molecule has 4 unspecified atom stereocenters. The molecule has 1 nitrogen and oxygen atoms in total. The summed E-state index contributed by atoms with van der Waals surface area (Å²) in [5.74, 6) is 2.19. The van der Waals surface area contributed by atoms with Crippen LogP contribution in [0.4, 0.5) is 0 Å². The molecule has 1 saturated carbocycles. The summed E-state index contributed by atoms with van der Waals surface area (Å²) < 4.78 is 0. The first-order valence-electron chi connectivity index (χ1n) is 7.01. The van der Waals surface area contributed by atoms with Gasteiger partial charge in [-0.2, -0.15) is 0 Å². The second kappa shape index (κ2) is 5.63. The Morgan fingerprint density at radius 3 is 2.61 bits per heavy atom. The van der Waals surface area contributed by atoms with E-state index in [-0.39, 0.29) is 6.04 Å². The number of hydrogen-bond acceptors (Lipinski definition) is 1. The lowest BCUT2D eigenvalue weighted by molar-refractivity contribution is 0.186. The summed E-state index contributed by atoms with van der Waals surface area (Å²) in [4.78, 5) is 0. The van der Waals surface area contributed by atoms with Gasteiger partial charge in [0.15, 0.2) is 0 Å². The van der Waals surface area contributed by atoms with Gasteiger partial charge in [-0.1, -0.05) is 50.1 Å².